The van der Waals surface area contributed by atoms with Crippen LogP contribution in [0.15, 0.2) is 36.5 Å². The minimum absolute atomic E-state index is 0.247. The molecule has 1 aromatic carbocycles. The summed E-state index contributed by atoms with van der Waals surface area (Å²) in [6, 6.07) is 9.33. The molecule has 0 atom stereocenters. The van der Waals surface area contributed by atoms with Crippen LogP contribution in [0.4, 0.5) is 0 Å². The second-order valence-electron chi connectivity index (χ2n) is 4.16. The van der Waals surface area contributed by atoms with Gasteiger partial charge in [0, 0.05) is 6.20 Å². The second-order valence-corrected chi connectivity index (χ2v) is 4.60. The van der Waals surface area contributed by atoms with Crippen molar-refractivity contribution in [2.24, 2.45) is 5.73 Å². The van der Waals surface area contributed by atoms with Crippen molar-refractivity contribution in [2.45, 2.75) is 13.3 Å². The van der Waals surface area contributed by atoms with Gasteiger partial charge in [-0.25, -0.2) is 4.98 Å². The van der Waals surface area contributed by atoms with Gasteiger partial charge in [-0.1, -0.05) is 25.2 Å². The fourth-order valence-electron chi connectivity index (χ4n) is 1.78. The molecule has 0 radical (unpaired) electrons. The lowest BCUT2D eigenvalue weighted by molar-refractivity contribution is 0.373. The van der Waals surface area contributed by atoms with Gasteiger partial charge in [0.1, 0.15) is 4.99 Å². The molecular weight excluding hydrogens is 272 g/mol. The van der Waals surface area contributed by atoms with E-state index in [0.717, 1.165) is 6.42 Å². The molecule has 0 spiro atoms. The fraction of sp³-hybridized carbons (Fsp3) is 0.200. The predicted molar refractivity (Wildman–Crippen MR) is 82.6 cm³/mol. The summed E-state index contributed by atoms with van der Waals surface area (Å²) in [6.07, 6.45) is 2.56. The zero-order chi connectivity index (χ0) is 14.5. The summed E-state index contributed by atoms with van der Waals surface area (Å²) in [5, 5.41) is 0. The molecule has 2 rings (SSSR count). The van der Waals surface area contributed by atoms with Crippen molar-refractivity contribution in [3.8, 4) is 17.4 Å². The van der Waals surface area contributed by atoms with Gasteiger partial charge in [0.25, 0.3) is 0 Å². The molecule has 0 bridgehead atoms. The number of methoxy groups -OCH3 is 1. The third-order valence-electron chi connectivity index (χ3n) is 2.88. The second kappa shape index (κ2) is 6.34. The van der Waals surface area contributed by atoms with Crippen LogP contribution in [0, 0.1) is 0 Å². The number of aromatic nitrogens is 1. The third-order valence-corrected chi connectivity index (χ3v) is 3.10. The van der Waals surface area contributed by atoms with Crippen LogP contribution in [0.5, 0.6) is 17.4 Å². The highest BCUT2D eigenvalue weighted by Gasteiger charge is 2.12. The average molecular weight is 288 g/mol. The summed E-state index contributed by atoms with van der Waals surface area (Å²) in [4.78, 5) is 4.42. The topological polar surface area (TPSA) is 57.4 Å². The first-order valence-electron chi connectivity index (χ1n) is 6.25. The zero-order valence-corrected chi connectivity index (χ0v) is 12.2. The molecule has 0 amide bonds. The van der Waals surface area contributed by atoms with E-state index >= 15 is 0 Å². The Hall–Kier alpha value is -2.14. The maximum atomic E-state index is 5.79. The third kappa shape index (κ3) is 3.05. The van der Waals surface area contributed by atoms with E-state index in [-0.39, 0.29) is 4.99 Å². The normalized spacial score (nSPS) is 10.1. The van der Waals surface area contributed by atoms with E-state index < -0.39 is 0 Å². The molecule has 1 heterocycles. The van der Waals surface area contributed by atoms with E-state index in [0.29, 0.717) is 22.9 Å². The molecule has 2 N–H and O–H groups in total. The molecule has 2 aromatic rings. The summed E-state index contributed by atoms with van der Waals surface area (Å²) in [6.45, 7) is 2.08. The van der Waals surface area contributed by atoms with Crippen LogP contribution in [0.25, 0.3) is 0 Å². The number of aryl methyl sites for hydroxylation is 1. The van der Waals surface area contributed by atoms with E-state index in [1.807, 2.05) is 18.2 Å². The Labute approximate surface area is 123 Å². The molecule has 0 fully saturated rings. The molecule has 0 saturated heterocycles. The first-order valence-corrected chi connectivity index (χ1v) is 6.66. The van der Waals surface area contributed by atoms with Crippen LogP contribution in [-0.4, -0.2) is 17.1 Å². The van der Waals surface area contributed by atoms with Gasteiger partial charge in [0.15, 0.2) is 11.5 Å². The number of thiocarbonyl (C=S) groups is 1. The number of ether oxygens (including phenoxy) is 2. The van der Waals surface area contributed by atoms with Crippen molar-refractivity contribution in [3.05, 3.63) is 47.7 Å². The first kappa shape index (κ1) is 14.3. The van der Waals surface area contributed by atoms with E-state index in [9.17, 15) is 0 Å². The highest BCUT2D eigenvalue weighted by atomic mass is 32.1. The van der Waals surface area contributed by atoms with Gasteiger partial charge in [-0.15, -0.1) is 0 Å². The summed E-state index contributed by atoms with van der Waals surface area (Å²) < 4.78 is 11.1. The molecule has 104 valence electrons. The van der Waals surface area contributed by atoms with Crippen molar-refractivity contribution in [3.63, 3.8) is 0 Å². The van der Waals surface area contributed by atoms with E-state index in [4.69, 9.17) is 27.4 Å². The number of pyridine rings is 1. The Bertz CT molecular complexity index is 629. The summed E-state index contributed by atoms with van der Waals surface area (Å²) in [7, 11) is 1.61. The van der Waals surface area contributed by atoms with Crippen molar-refractivity contribution >= 4 is 17.2 Å². The standard InChI is InChI=1S/C15H16N2O2S/c1-3-10-6-7-12(13(9-10)18-2)19-15-11(14(16)20)5-4-8-17-15/h4-9H,3H2,1-2H3,(H2,16,20). The molecule has 5 heteroatoms. The quantitative estimate of drug-likeness (QED) is 0.857. The van der Waals surface area contributed by atoms with Crippen molar-refractivity contribution in [1.29, 1.82) is 0 Å². The highest BCUT2D eigenvalue weighted by Crippen LogP contribution is 2.32. The van der Waals surface area contributed by atoms with Crippen LogP contribution in [0.2, 0.25) is 0 Å². The van der Waals surface area contributed by atoms with Gasteiger partial charge >= 0.3 is 0 Å². The number of benzene rings is 1. The maximum absolute atomic E-state index is 5.79. The van der Waals surface area contributed by atoms with Crippen molar-refractivity contribution in [1.82, 2.24) is 4.98 Å². The fourth-order valence-corrected chi connectivity index (χ4v) is 1.94. The van der Waals surface area contributed by atoms with E-state index in [2.05, 4.69) is 11.9 Å². The SMILES string of the molecule is CCc1ccc(Oc2ncccc2C(N)=S)c(OC)c1. The maximum Gasteiger partial charge on any atom is 0.229 e. The number of rotatable bonds is 5. The minimum atomic E-state index is 0.247. The molecule has 0 aliphatic heterocycles. The van der Waals surface area contributed by atoms with Crippen LogP contribution in [0.1, 0.15) is 18.1 Å². The highest BCUT2D eigenvalue weighted by molar-refractivity contribution is 7.80. The van der Waals surface area contributed by atoms with Crippen LogP contribution >= 0.6 is 12.2 Å². The molecule has 20 heavy (non-hydrogen) atoms. The van der Waals surface area contributed by atoms with Crippen molar-refractivity contribution < 1.29 is 9.47 Å². The molecule has 0 unspecified atom stereocenters. The largest absolute Gasteiger partial charge is 0.493 e. The lowest BCUT2D eigenvalue weighted by Crippen LogP contribution is -2.11. The first-order chi connectivity index (χ1) is 9.65. The van der Waals surface area contributed by atoms with Gasteiger partial charge < -0.3 is 15.2 Å². The van der Waals surface area contributed by atoms with Gasteiger partial charge in [0.05, 0.1) is 12.7 Å². The Balaban J connectivity index is 2.37. The molecule has 0 saturated carbocycles. The van der Waals surface area contributed by atoms with Gasteiger partial charge in [-0.3, -0.25) is 0 Å². The molecule has 0 aliphatic carbocycles. The number of nitrogens with two attached hydrogens (primary N) is 1. The summed E-state index contributed by atoms with van der Waals surface area (Å²) >= 11 is 4.99. The molecule has 4 nitrogen and oxygen atoms in total. The zero-order valence-electron chi connectivity index (χ0n) is 11.4. The van der Waals surface area contributed by atoms with E-state index in [1.165, 1.54) is 5.56 Å². The molecular formula is C15H16N2O2S. The number of hydrogen-bond donors (Lipinski definition) is 1. The Morgan fingerprint density at radius 2 is 2.10 bits per heavy atom. The van der Waals surface area contributed by atoms with Crippen LogP contribution in [-0.2, 0) is 6.42 Å². The monoisotopic (exact) mass is 288 g/mol. The minimum Gasteiger partial charge on any atom is -0.493 e. The Kier molecular flexibility index (Phi) is 4.53. The lowest BCUT2D eigenvalue weighted by Gasteiger charge is -2.12. The summed E-state index contributed by atoms with van der Waals surface area (Å²) in [5.41, 5.74) is 7.44. The molecule has 0 aliphatic rings. The van der Waals surface area contributed by atoms with Crippen molar-refractivity contribution in [2.75, 3.05) is 7.11 Å². The van der Waals surface area contributed by atoms with E-state index in [1.54, 1.807) is 25.4 Å². The van der Waals surface area contributed by atoms with Crippen LogP contribution < -0.4 is 15.2 Å². The lowest BCUT2D eigenvalue weighted by atomic mass is 10.1. The number of hydrogen-bond acceptors (Lipinski definition) is 4. The van der Waals surface area contributed by atoms with Gasteiger partial charge in [0.2, 0.25) is 5.88 Å². The molecule has 1 aromatic heterocycles. The number of nitrogens with zero attached hydrogens (tertiary/aromatic N) is 1. The predicted octanol–water partition coefficient (Wildman–Crippen LogP) is 3.08. The Morgan fingerprint density at radius 3 is 2.75 bits per heavy atom. The van der Waals surface area contributed by atoms with Gasteiger partial charge in [-0.2, -0.15) is 0 Å². The van der Waals surface area contributed by atoms with Gasteiger partial charge in [-0.05, 0) is 36.2 Å². The summed E-state index contributed by atoms with van der Waals surface area (Å²) in [5.74, 6) is 1.62. The van der Waals surface area contributed by atoms with Crippen LogP contribution in [0.3, 0.4) is 0 Å². The Morgan fingerprint density at radius 1 is 1.30 bits per heavy atom. The average Bonchev–Trinajstić information content (AvgIpc) is 2.48. The smallest absolute Gasteiger partial charge is 0.229 e.